The first kappa shape index (κ1) is 14.7. The minimum absolute atomic E-state index is 0.0568. The van der Waals surface area contributed by atoms with Crippen molar-refractivity contribution in [2.75, 3.05) is 13.1 Å². The largest absolute Gasteiger partial charge is 0.465 e. The Hall–Kier alpha value is -1.85. The van der Waals surface area contributed by atoms with Gasteiger partial charge >= 0.3 is 0 Å². The Labute approximate surface area is 136 Å². The summed E-state index contributed by atoms with van der Waals surface area (Å²) in [6.45, 7) is 7.36. The molecule has 0 unspecified atom stereocenters. The SMILES string of the molecule is C=C(c1ccco1)[C@]12CN(S(=O)(=O)c3ccccc3)C[C@@]1(C)C2. The molecular formula is C18H19NO3S. The van der Waals surface area contributed by atoms with E-state index in [-0.39, 0.29) is 10.8 Å². The number of hydrogen-bond acceptors (Lipinski definition) is 3. The molecule has 0 bridgehead atoms. The van der Waals surface area contributed by atoms with Crippen LogP contribution in [0.5, 0.6) is 0 Å². The second-order valence-electron chi connectivity index (χ2n) is 6.86. The van der Waals surface area contributed by atoms with Crippen LogP contribution in [0.2, 0.25) is 0 Å². The van der Waals surface area contributed by atoms with Gasteiger partial charge in [0.1, 0.15) is 5.76 Å². The molecule has 23 heavy (non-hydrogen) atoms. The Kier molecular flexibility index (Phi) is 2.93. The fourth-order valence-electron chi connectivity index (χ4n) is 3.99. The molecule has 4 nitrogen and oxygen atoms in total. The number of rotatable bonds is 4. The fraction of sp³-hybridized carbons (Fsp3) is 0.333. The van der Waals surface area contributed by atoms with Crippen molar-refractivity contribution in [1.29, 1.82) is 0 Å². The summed E-state index contributed by atoms with van der Waals surface area (Å²) in [7, 11) is -3.46. The van der Waals surface area contributed by atoms with E-state index in [0.29, 0.717) is 18.0 Å². The number of benzene rings is 1. The molecule has 2 atom stereocenters. The zero-order chi connectivity index (χ0) is 16.3. The molecule has 2 fully saturated rings. The van der Waals surface area contributed by atoms with Crippen LogP contribution >= 0.6 is 0 Å². The van der Waals surface area contributed by atoms with Crippen molar-refractivity contribution in [3.05, 3.63) is 61.1 Å². The van der Waals surface area contributed by atoms with Gasteiger partial charge in [0.25, 0.3) is 0 Å². The van der Waals surface area contributed by atoms with E-state index in [4.69, 9.17) is 4.42 Å². The van der Waals surface area contributed by atoms with E-state index in [9.17, 15) is 8.42 Å². The molecule has 1 aliphatic carbocycles. The van der Waals surface area contributed by atoms with Gasteiger partial charge in [0.2, 0.25) is 10.0 Å². The van der Waals surface area contributed by atoms with Gasteiger partial charge in [-0.3, -0.25) is 0 Å². The molecule has 0 radical (unpaired) electrons. The molecule has 2 aromatic rings. The van der Waals surface area contributed by atoms with Crippen LogP contribution in [0.15, 0.2) is 64.6 Å². The Morgan fingerprint density at radius 2 is 1.91 bits per heavy atom. The average Bonchev–Trinajstić information content (AvgIpc) is 2.93. The minimum Gasteiger partial charge on any atom is -0.465 e. The third kappa shape index (κ3) is 1.96. The highest BCUT2D eigenvalue weighted by molar-refractivity contribution is 7.89. The molecule has 2 aliphatic rings. The van der Waals surface area contributed by atoms with E-state index in [1.165, 1.54) is 0 Å². The maximum absolute atomic E-state index is 12.9. The Morgan fingerprint density at radius 1 is 1.17 bits per heavy atom. The van der Waals surface area contributed by atoms with E-state index in [2.05, 4.69) is 13.5 Å². The third-order valence-corrected chi connectivity index (χ3v) is 7.28. The van der Waals surface area contributed by atoms with Crippen molar-refractivity contribution in [2.24, 2.45) is 10.8 Å². The molecule has 1 saturated heterocycles. The second kappa shape index (κ2) is 4.58. The zero-order valence-corrected chi connectivity index (χ0v) is 13.8. The summed E-state index contributed by atoms with van der Waals surface area (Å²) in [6, 6.07) is 12.4. The molecule has 0 spiro atoms. The minimum atomic E-state index is -3.46. The topological polar surface area (TPSA) is 50.5 Å². The quantitative estimate of drug-likeness (QED) is 0.864. The lowest BCUT2D eigenvalue weighted by Crippen LogP contribution is -2.32. The normalized spacial score (nSPS) is 30.1. The van der Waals surface area contributed by atoms with Crippen LogP contribution in [0.4, 0.5) is 0 Å². The lowest BCUT2D eigenvalue weighted by atomic mass is 9.89. The number of fused-ring (bicyclic) bond motifs is 1. The van der Waals surface area contributed by atoms with Gasteiger partial charge in [-0.05, 0) is 41.7 Å². The van der Waals surface area contributed by atoms with E-state index in [1.54, 1.807) is 34.8 Å². The van der Waals surface area contributed by atoms with Crippen molar-refractivity contribution in [2.45, 2.75) is 18.2 Å². The number of nitrogens with zero attached hydrogens (tertiary/aromatic N) is 1. The molecule has 120 valence electrons. The average molecular weight is 329 g/mol. The highest BCUT2D eigenvalue weighted by Crippen LogP contribution is 2.73. The lowest BCUT2D eigenvalue weighted by Gasteiger charge is -2.21. The molecule has 4 rings (SSSR count). The Morgan fingerprint density at radius 3 is 2.57 bits per heavy atom. The molecule has 5 heteroatoms. The highest BCUT2D eigenvalue weighted by Gasteiger charge is 2.72. The van der Waals surface area contributed by atoms with Crippen LogP contribution in [-0.4, -0.2) is 25.8 Å². The van der Waals surface area contributed by atoms with Crippen molar-refractivity contribution in [3.63, 3.8) is 0 Å². The van der Waals surface area contributed by atoms with E-state index < -0.39 is 10.0 Å². The predicted molar refractivity (Wildman–Crippen MR) is 88.1 cm³/mol. The van der Waals surface area contributed by atoms with E-state index in [1.807, 2.05) is 18.2 Å². The molecular weight excluding hydrogens is 310 g/mol. The molecule has 1 saturated carbocycles. The Bertz CT molecular complexity index is 857. The van der Waals surface area contributed by atoms with Crippen molar-refractivity contribution >= 4 is 15.6 Å². The van der Waals surface area contributed by atoms with Crippen LogP contribution < -0.4 is 0 Å². The molecule has 1 aliphatic heterocycles. The maximum Gasteiger partial charge on any atom is 0.243 e. The van der Waals surface area contributed by atoms with Crippen LogP contribution in [0.1, 0.15) is 19.1 Å². The van der Waals surface area contributed by atoms with Crippen LogP contribution in [-0.2, 0) is 10.0 Å². The zero-order valence-electron chi connectivity index (χ0n) is 13.0. The van der Waals surface area contributed by atoms with E-state index in [0.717, 1.165) is 17.8 Å². The monoisotopic (exact) mass is 329 g/mol. The van der Waals surface area contributed by atoms with Crippen LogP contribution in [0, 0.1) is 10.8 Å². The maximum atomic E-state index is 12.9. The van der Waals surface area contributed by atoms with Gasteiger partial charge < -0.3 is 4.42 Å². The summed E-state index contributed by atoms with van der Waals surface area (Å²) in [5.41, 5.74) is 0.654. The van der Waals surface area contributed by atoms with Gasteiger partial charge in [-0.15, -0.1) is 0 Å². The molecule has 1 aromatic heterocycles. The first-order valence-corrected chi connectivity index (χ1v) is 9.12. The number of piperidine rings is 1. The van der Waals surface area contributed by atoms with Crippen molar-refractivity contribution in [3.8, 4) is 0 Å². The fourth-order valence-corrected chi connectivity index (χ4v) is 5.63. The number of hydrogen-bond donors (Lipinski definition) is 0. The molecule has 0 N–H and O–H groups in total. The molecule has 0 amide bonds. The standard InChI is InChI=1S/C18H19NO3S/c1-14(16-9-6-10-22-16)18-11-17(18,2)12-19(13-18)23(20,21)15-7-4-3-5-8-15/h3-10H,1,11-13H2,2H3/t17-,18+/m1/s1. The molecule has 2 heterocycles. The van der Waals surface area contributed by atoms with E-state index >= 15 is 0 Å². The van der Waals surface area contributed by atoms with Crippen LogP contribution in [0.25, 0.3) is 5.57 Å². The summed E-state index contributed by atoms with van der Waals surface area (Å²) in [5, 5.41) is 0. The third-order valence-electron chi connectivity index (χ3n) is 5.47. The first-order chi connectivity index (χ1) is 10.9. The van der Waals surface area contributed by atoms with Gasteiger partial charge in [-0.1, -0.05) is 31.7 Å². The van der Waals surface area contributed by atoms with Crippen molar-refractivity contribution < 1.29 is 12.8 Å². The van der Waals surface area contributed by atoms with Crippen LogP contribution in [0.3, 0.4) is 0 Å². The highest BCUT2D eigenvalue weighted by atomic mass is 32.2. The van der Waals surface area contributed by atoms with Gasteiger partial charge in [0.15, 0.2) is 0 Å². The van der Waals surface area contributed by atoms with Gasteiger partial charge in [-0.25, -0.2) is 8.42 Å². The summed E-state index contributed by atoms with van der Waals surface area (Å²) in [5.74, 6) is 0.757. The van der Waals surface area contributed by atoms with Gasteiger partial charge in [0.05, 0.1) is 11.2 Å². The predicted octanol–water partition coefficient (Wildman–Crippen LogP) is 3.39. The molecule has 1 aromatic carbocycles. The summed E-state index contributed by atoms with van der Waals surface area (Å²) < 4.78 is 32.8. The van der Waals surface area contributed by atoms with Crippen molar-refractivity contribution in [1.82, 2.24) is 4.31 Å². The first-order valence-electron chi connectivity index (χ1n) is 7.68. The lowest BCUT2D eigenvalue weighted by molar-refractivity contribution is 0.411. The summed E-state index contributed by atoms with van der Waals surface area (Å²) in [4.78, 5) is 0.351. The second-order valence-corrected chi connectivity index (χ2v) is 8.80. The Balaban J connectivity index is 1.66. The smallest absolute Gasteiger partial charge is 0.243 e. The number of sulfonamides is 1. The van der Waals surface area contributed by atoms with Gasteiger partial charge in [-0.2, -0.15) is 4.31 Å². The van der Waals surface area contributed by atoms with Gasteiger partial charge in [0, 0.05) is 18.5 Å². The summed E-state index contributed by atoms with van der Waals surface area (Å²) >= 11 is 0. The summed E-state index contributed by atoms with van der Waals surface area (Å²) in [6.07, 6.45) is 2.59. The number of furan rings is 1.